The van der Waals surface area contributed by atoms with E-state index in [9.17, 15) is 4.79 Å². The van der Waals surface area contributed by atoms with E-state index in [4.69, 9.17) is 5.73 Å². The Labute approximate surface area is 146 Å². The molecule has 0 aliphatic carbocycles. The maximum atomic E-state index is 12.3. The number of rotatable bonds is 2. The molecule has 0 saturated carbocycles. The number of hydrogen-bond donors (Lipinski definition) is 2. The zero-order valence-electron chi connectivity index (χ0n) is 13.8. The topological polar surface area (TPSA) is 68.0 Å². The van der Waals surface area contributed by atoms with Crippen molar-refractivity contribution in [2.45, 2.75) is 6.92 Å². The Hall–Kier alpha value is -3.58. The number of aromatic nitrogens is 1. The van der Waals surface area contributed by atoms with Crippen LogP contribution < -0.4 is 11.1 Å². The third-order valence-electron chi connectivity index (χ3n) is 3.58. The van der Waals surface area contributed by atoms with Gasteiger partial charge in [0, 0.05) is 23.0 Å². The van der Waals surface area contributed by atoms with E-state index in [2.05, 4.69) is 22.1 Å². The first kappa shape index (κ1) is 16.3. The average Bonchev–Trinajstić information content (AvgIpc) is 2.61. The third kappa shape index (κ3) is 4.24. The number of nitrogens with two attached hydrogens (primary N) is 1. The molecule has 3 rings (SSSR count). The SMILES string of the molecule is Cc1cccc(C(=O)Nc2cccc(C#Cc3cccnc3N)c2)c1. The zero-order chi connectivity index (χ0) is 17.6. The Balaban J connectivity index is 1.78. The summed E-state index contributed by atoms with van der Waals surface area (Å²) in [4.78, 5) is 16.3. The van der Waals surface area contributed by atoms with Gasteiger partial charge in [-0.2, -0.15) is 0 Å². The lowest BCUT2D eigenvalue weighted by Gasteiger charge is -2.06. The summed E-state index contributed by atoms with van der Waals surface area (Å²) in [5, 5.41) is 2.89. The van der Waals surface area contributed by atoms with Gasteiger partial charge in [-0.25, -0.2) is 4.98 Å². The van der Waals surface area contributed by atoms with Crippen LogP contribution in [0.2, 0.25) is 0 Å². The lowest BCUT2D eigenvalue weighted by atomic mass is 10.1. The van der Waals surface area contributed by atoms with Gasteiger partial charge in [-0.1, -0.05) is 35.6 Å². The first-order valence-corrected chi connectivity index (χ1v) is 7.82. The number of nitrogen functional groups attached to an aromatic ring is 1. The van der Waals surface area contributed by atoms with Gasteiger partial charge in [0.05, 0.1) is 5.56 Å². The van der Waals surface area contributed by atoms with Crippen LogP contribution in [-0.4, -0.2) is 10.9 Å². The van der Waals surface area contributed by atoms with Crippen LogP contribution in [0.5, 0.6) is 0 Å². The molecule has 0 saturated heterocycles. The van der Waals surface area contributed by atoms with Gasteiger partial charge >= 0.3 is 0 Å². The van der Waals surface area contributed by atoms with Crippen molar-refractivity contribution < 1.29 is 4.79 Å². The summed E-state index contributed by atoms with van der Waals surface area (Å²) in [5.74, 6) is 6.30. The van der Waals surface area contributed by atoms with Gasteiger partial charge in [0.15, 0.2) is 0 Å². The molecule has 0 bridgehead atoms. The summed E-state index contributed by atoms with van der Waals surface area (Å²) in [5.41, 5.74) is 9.61. The number of nitrogens with one attached hydrogen (secondary N) is 1. The molecule has 0 atom stereocenters. The molecule has 0 aliphatic rings. The Morgan fingerprint density at radius 3 is 2.68 bits per heavy atom. The van der Waals surface area contributed by atoms with Crippen molar-refractivity contribution in [2.24, 2.45) is 0 Å². The van der Waals surface area contributed by atoms with Crippen LogP contribution in [0, 0.1) is 18.8 Å². The smallest absolute Gasteiger partial charge is 0.255 e. The second-order valence-corrected chi connectivity index (χ2v) is 5.59. The van der Waals surface area contributed by atoms with Crippen LogP contribution >= 0.6 is 0 Å². The van der Waals surface area contributed by atoms with E-state index in [1.807, 2.05) is 55.5 Å². The Morgan fingerprint density at radius 2 is 1.88 bits per heavy atom. The quantitative estimate of drug-likeness (QED) is 0.706. The standard InChI is InChI=1S/C21H17N3O/c1-15-5-2-7-18(13-15)21(25)24-19-9-3-6-16(14-19)10-11-17-8-4-12-23-20(17)22/h2-9,12-14H,1H3,(H2,22,23)(H,24,25). The van der Waals surface area contributed by atoms with E-state index in [0.29, 0.717) is 22.6 Å². The molecule has 0 fully saturated rings. The number of carbonyl (C=O) groups excluding carboxylic acids is 1. The molecule has 3 aromatic rings. The predicted octanol–water partition coefficient (Wildman–Crippen LogP) is 3.62. The van der Waals surface area contributed by atoms with Gasteiger partial charge < -0.3 is 11.1 Å². The molecule has 4 nitrogen and oxygen atoms in total. The van der Waals surface area contributed by atoms with Gasteiger partial charge in [0.1, 0.15) is 5.82 Å². The molecule has 1 aromatic heterocycles. The van der Waals surface area contributed by atoms with Gasteiger partial charge in [-0.3, -0.25) is 4.79 Å². The highest BCUT2D eigenvalue weighted by molar-refractivity contribution is 6.04. The lowest BCUT2D eigenvalue weighted by molar-refractivity contribution is 0.102. The van der Waals surface area contributed by atoms with Crippen LogP contribution in [-0.2, 0) is 0 Å². The molecule has 1 heterocycles. The second kappa shape index (κ2) is 7.33. The fourth-order valence-corrected chi connectivity index (χ4v) is 2.33. The van der Waals surface area contributed by atoms with Crippen molar-refractivity contribution in [3.8, 4) is 11.8 Å². The van der Waals surface area contributed by atoms with E-state index >= 15 is 0 Å². The number of hydrogen-bond acceptors (Lipinski definition) is 3. The predicted molar refractivity (Wildman–Crippen MR) is 100 cm³/mol. The Morgan fingerprint density at radius 1 is 1.04 bits per heavy atom. The molecule has 1 amide bonds. The van der Waals surface area contributed by atoms with E-state index in [1.54, 1.807) is 18.3 Å². The van der Waals surface area contributed by atoms with E-state index < -0.39 is 0 Å². The van der Waals surface area contributed by atoms with E-state index in [1.165, 1.54) is 0 Å². The van der Waals surface area contributed by atoms with Crippen LogP contribution in [0.3, 0.4) is 0 Å². The number of benzene rings is 2. The van der Waals surface area contributed by atoms with E-state index in [0.717, 1.165) is 11.1 Å². The van der Waals surface area contributed by atoms with Gasteiger partial charge in [0.25, 0.3) is 5.91 Å². The van der Waals surface area contributed by atoms with Crippen molar-refractivity contribution in [1.29, 1.82) is 0 Å². The number of amides is 1. The number of anilines is 2. The van der Waals surface area contributed by atoms with Crippen LogP contribution in [0.25, 0.3) is 0 Å². The number of carbonyl (C=O) groups is 1. The summed E-state index contributed by atoms with van der Waals surface area (Å²) in [7, 11) is 0. The molecule has 0 spiro atoms. The normalized spacial score (nSPS) is 9.80. The second-order valence-electron chi connectivity index (χ2n) is 5.59. The molecule has 122 valence electrons. The molecule has 4 heteroatoms. The van der Waals surface area contributed by atoms with Crippen LogP contribution in [0.1, 0.15) is 27.0 Å². The highest BCUT2D eigenvalue weighted by atomic mass is 16.1. The summed E-state index contributed by atoms with van der Waals surface area (Å²) < 4.78 is 0. The van der Waals surface area contributed by atoms with Crippen molar-refractivity contribution in [3.05, 3.63) is 89.1 Å². The van der Waals surface area contributed by atoms with Crippen LogP contribution in [0.15, 0.2) is 66.9 Å². The highest BCUT2D eigenvalue weighted by Gasteiger charge is 2.06. The van der Waals surface area contributed by atoms with Crippen LogP contribution in [0.4, 0.5) is 11.5 Å². The molecular weight excluding hydrogens is 310 g/mol. The molecule has 0 aliphatic heterocycles. The van der Waals surface area contributed by atoms with E-state index in [-0.39, 0.29) is 5.91 Å². The maximum Gasteiger partial charge on any atom is 0.255 e. The fraction of sp³-hybridized carbons (Fsp3) is 0.0476. The molecule has 0 unspecified atom stereocenters. The van der Waals surface area contributed by atoms with Gasteiger partial charge in [-0.05, 0) is 49.4 Å². The fourth-order valence-electron chi connectivity index (χ4n) is 2.33. The zero-order valence-corrected chi connectivity index (χ0v) is 13.8. The number of nitrogens with zero attached hydrogens (tertiary/aromatic N) is 1. The summed E-state index contributed by atoms with van der Waals surface area (Å²) in [6.45, 7) is 1.96. The minimum Gasteiger partial charge on any atom is -0.383 e. The van der Waals surface area contributed by atoms with Crippen molar-refractivity contribution in [1.82, 2.24) is 4.98 Å². The van der Waals surface area contributed by atoms with Gasteiger partial charge in [-0.15, -0.1) is 0 Å². The number of aryl methyl sites for hydroxylation is 1. The largest absolute Gasteiger partial charge is 0.383 e. The van der Waals surface area contributed by atoms with Crippen molar-refractivity contribution in [3.63, 3.8) is 0 Å². The molecule has 0 radical (unpaired) electrons. The monoisotopic (exact) mass is 327 g/mol. The average molecular weight is 327 g/mol. The van der Waals surface area contributed by atoms with Crippen molar-refractivity contribution >= 4 is 17.4 Å². The molecule has 3 N–H and O–H groups in total. The first-order chi connectivity index (χ1) is 12.1. The number of pyridine rings is 1. The first-order valence-electron chi connectivity index (χ1n) is 7.82. The molecule has 2 aromatic carbocycles. The minimum atomic E-state index is -0.148. The third-order valence-corrected chi connectivity index (χ3v) is 3.58. The minimum absolute atomic E-state index is 0.148. The Bertz CT molecular complexity index is 983. The van der Waals surface area contributed by atoms with Crippen molar-refractivity contribution in [2.75, 3.05) is 11.1 Å². The summed E-state index contributed by atoms with van der Waals surface area (Å²) >= 11 is 0. The highest BCUT2D eigenvalue weighted by Crippen LogP contribution is 2.13. The lowest BCUT2D eigenvalue weighted by Crippen LogP contribution is -2.11. The summed E-state index contributed by atoms with van der Waals surface area (Å²) in [6, 6.07) is 18.5. The molecular formula is C21H17N3O. The Kier molecular flexibility index (Phi) is 4.77. The summed E-state index contributed by atoms with van der Waals surface area (Å²) in [6.07, 6.45) is 1.63. The van der Waals surface area contributed by atoms with Gasteiger partial charge in [0.2, 0.25) is 0 Å². The molecule has 25 heavy (non-hydrogen) atoms. The maximum absolute atomic E-state index is 12.3.